The van der Waals surface area contributed by atoms with E-state index in [9.17, 15) is 22.8 Å². The molecule has 0 saturated heterocycles. The van der Waals surface area contributed by atoms with E-state index in [1.54, 1.807) is 6.07 Å². The lowest BCUT2D eigenvalue weighted by molar-refractivity contribution is -0.192. The molecule has 2 heterocycles. The second kappa shape index (κ2) is 7.50. The fourth-order valence-corrected chi connectivity index (χ4v) is 1.31. The number of H-pyrrole nitrogens is 1. The van der Waals surface area contributed by atoms with Crippen molar-refractivity contribution in [2.75, 3.05) is 6.61 Å². The van der Waals surface area contributed by atoms with Gasteiger partial charge in [-0.3, -0.25) is 4.79 Å². The van der Waals surface area contributed by atoms with Crippen LogP contribution in [0.3, 0.4) is 0 Å². The average molecular weight is 352 g/mol. The van der Waals surface area contributed by atoms with Gasteiger partial charge in [0.25, 0.3) is 0 Å². The van der Waals surface area contributed by atoms with E-state index in [-0.39, 0.29) is 12.2 Å². The van der Waals surface area contributed by atoms with Crippen molar-refractivity contribution in [2.45, 2.75) is 12.2 Å². The Labute approximate surface area is 130 Å². The Morgan fingerprint density at radius 1 is 1.33 bits per heavy atom. The third-order valence-corrected chi connectivity index (χ3v) is 2.46. The fraction of sp³-hybridized carbons (Fsp3) is 0.250. The summed E-state index contributed by atoms with van der Waals surface area (Å²) in [6.07, 6.45) is -2.22. The van der Waals surface area contributed by atoms with Crippen molar-refractivity contribution in [3.05, 3.63) is 24.1 Å². The average Bonchev–Trinajstić information content (AvgIpc) is 3.06. The summed E-state index contributed by atoms with van der Waals surface area (Å²) in [5, 5.41) is 15.6. The van der Waals surface area contributed by atoms with E-state index in [4.69, 9.17) is 29.9 Å². The minimum atomic E-state index is -5.08. The van der Waals surface area contributed by atoms with Crippen molar-refractivity contribution in [3.63, 3.8) is 0 Å². The van der Waals surface area contributed by atoms with Gasteiger partial charge in [-0.05, 0) is 0 Å². The maximum absolute atomic E-state index is 11.6. The van der Waals surface area contributed by atoms with E-state index in [1.165, 1.54) is 12.5 Å². The molecular formula is C12H11F3N2O7. The van der Waals surface area contributed by atoms with Crippen LogP contribution in [-0.2, 0) is 14.3 Å². The fourth-order valence-electron chi connectivity index (χ4n) is 1.31. The lowest BCUT2D eigenvalue weighted by Gasteiger charge is -2.06. The number of esters is 1. The highest BCUT2D eigenvalue weighted by molar-refractivity contribution is 6.01. The molecule has 0 aliphatic carbocycles. The molecule has 0 amide bonds. The normalized spacial score (nSPS) is 12.2. The first-order valence-corrected chi connectivity index (χ1v) is 6.04. The molecule has 1 unspecified atom stereocenters. The van der Waals surface area contributed by atoms with Gasteiger partial charge in [-0.1, -0.05) is 0 Å². The Balaban J connectivity index is 0.000000351. The van der Waals surface area contributed by atoms with Gasteiger partial charge in [0, 0.05) is 12.3 Å². The van der Waals surface area contributed by atoms with E-state index >= 15 is 0 Å². The van der Waals surface area contributed by atoms with E-state index in [0.29, 0.717) is 11.1 Å². The summed E-state index contributed by atoms with van der Waals surface area (Å²) in [6.45, 7) is -0.387. The van der Waals surface area contributed by atoms with Gasteiger partial charge < -0.3 is 30.1 Å². The number of rotatable bonds is 4. The van der Waals surface area contributed by atoms with Crippen molar-refractivity contribution in [1.29, 1.82) is 0 Å². The zero-order valence-corrected chi connectivity index (χ0v) is 11.7. The molecule has 0 spiro atoms. The van der Waals surface area contributed by atoms with Crippen molar-refractivity contribution >= 4 is 29.0 Å². The van der Waals surface area contributed by atoms with Crippen LogP contribution in [0.1, 0.15) is 10.4 Å². The number of aromatic nitrogens is 1. The predicted octanol–water partition coefficient (Wildman–Crippen LogP) is 0.963. The molecule has 0 radical (unpaired) electrons. The summed E-state index contributed by atoms with van der Waals surface area (Å²) in [6, 6.07) is 0.430. The van der Waals surface area contributed by atoms with Gasteiger partial charge in [0.2, 0.25) is 0 Å². The largest absolute Gasteiger partial charge is 0.490 e. The summed E-state index contributed by atoms with van der Waals surface area (Å²) in [5.74, 6) is -4.66. The van der Waals surface area contributed by atoms with Gasteiger partial charge in [0.05, 0.1) is 11.8 Å². The maximum atomic E-state index is 11.6. The molecule has 0 aliphatic heterocycles. The number of halogens is 3. The van der Waals surface area contributed by atoms with Crippen molar-refractivity contribution in [1.82, 2.24) is 4.98 Å². The third kappa shape index (κ3) is 5.01. The van der Waals surface area contributed by atoms with E-state index in [0.717, 1.165) is 0 Å². The smallest absolute Gasteiger partial charge is 0.480 e. The summed E-state index contributed by atoms with van der Waals surface area (Å²) in [7, 11) is 0. The number of nitrogens with one attached hydrogen (secondary N) is 1. The van der Waals surface area contributed by atoms with Crippen molar-refractivity contribution < 1.29 is 46.9 Å². The van der Waals surface area contributed by atoms with Crippen LogP contribution in [0.25, 0.3) is 11.1 Å². The number of hydrogen-bond donors (Lipinski definition) is 4. The molecule has 24 heavy (non-hydrogen) atoms. The van der Waals surface area contributed by atoms with Gasteiger partial charge >= 0.3 is 24.1 Å². The van der Waals surface area contributed by atoms with Crippen LogP contribution in [-0.4, -0.2) is 51.9 Å². The highest BCUT2D eigenvalue weighted by atomic mass is 19.4. The van der Waals surface area contributed by atoms with Crippen LogP contribution in [0.15, 0.2) is 22.9 Å². The molecular weight excluding hydrogens is 341 g/mol. The molecule has 0 fully saturated rings. The molecule has 9 nitrogen and oxygen atoms in total. The molecule has 2 rings (SSSR count). The minimum Gasteiger partial charge on any atom is -0.480 e. The zero-order chi connectivity index (χ0) is 18.5. The molecule has 12 heteroatoms. The van der Waals surface area contributed by atoms with Crippen LogP contribution in [0.2, 0.25) is 0 Å². The molecule has 0 saturated carbocycles. The lowest BCUT2D eigenvalue weighted by atomic mass is 10.3. The van der Waals surface area contributed by atoms with Crippen LogP contribution < -0.4 is 5.73 Å². The molecule has 0 aliphatic rings. The number of fused-ring (bicyclic) bond motifs is 1. The summed E-state index contributed by atoms with van der Waals surface area (Å²) in [5.41, 5.74) is 6.45. The standard InChI is InChI=1S/C10H10N2O5.C2HF3O2/c11-6(9(13)14)4-17-10(15)5-3-12-7-1-2-16-8(5)7;3-2(4,5)1(6)7/h1-3,6,12H,4,11H2,(H,13,14);(H,6,7). The minimum absolute atomic E-state index is 0.211. The first kappa shape index (κ1) is 19.0. The van der Waals surface area contributed by atoms with Crippen molar-refractivity contribution in [3.8, 4) is 0 Å². The number of nitrogens with two attached hydrogens (primary N) is 1. The number of carboxylic acids is 2. The number of hydrogen-bond acceptors (Lipinski definition) is 6. The van der Waals surface area contributed by atoms with Crippen LogP contribution in [0.4, 0.5) is 13.2 Å². The van der Waals surface area contributed by atoms with Crippen LogP contribution in [0, 0.1) is 0 Å². The van der Waals surface area contributed by atoms with Gasteiger partial charge in [0.1, 0.15) is 18.2 Å². The Bertz CT molecular complexity index is 734. The van der Waals surface area contributed by atoms with Gasteiger partial charge in [0.15, 0.2) is 5.58 Å². The SMILES string of the molecule is NC(COC(=O)c1c[nH]c2ccoc12)C(=O)O.O=C(O)C(F)(F)F. The van der Waals surface area contributed by atoms with Crippen molar-refractivity contribution in [2.24, 2.45) is 5.73 Å². The number of ether oxygens (including phenoxy) is 1. The second-order valence-electron chi connectivity index (χ2n) is 4.21. The summed E-state index contributed by atoms with van der Waals surface area (Å²) < 4.78 is 41.6. The quantitative estimate of drug-likeness (QED) is 0.593. The lowest BCUT2D eigenvalue weighted by Crippen LogP contribution is -2.35. The number of alkyl halides is 3. The van der Waals surface area contributed by atoms with E-state index in [1.807, 2.05) is 0 Å². The number of aliphatic carboxylic acids is 2. The van der Waals surface area contributed by atoms with E-state index in [2.05, 4.69) is 4.98 Å². The molecule has 2 aromatic rings. The Kier molecular flexibility index (Phi) is 5.95. The Morgan fingerprint density at radius 2 is 1.92 bits per heavy atom. The zero-order valence-electron chi connectivity index (χ0n) is 11.7. The number of carboxylic acid groups (broad SMARTS) is 2. The molecule has 0 aromatic carbocycles. The van der Waals surface area contributed by atoms with Gasteiger partial charge in [-0.2, -0.15) is 13.2 Å². The Hall–Kier alpha value is -3.02. The monoisotopic (exact) mass is 352 g/mol. The maximum Gasteiger partial charge on any atom is 0.490 e. The van der Waals surface area contributed by atoms with Crippen LogP contribution in [0.5, 0.6) is 0 Å². The highest BCUT2D eigenvalue weighted by Crippen LogP contribution is 2.19. The first-order valence-electron chi connectivity index (χ1n) is 6.04. The highest BCUT2D eigenvalue weighted by Gasteiger charge is 2.38. The van der Waals surface area contributed by atoms with Gasteiger partial charge in [-0.25, -0.2) is 9.59 Å². The number of carbonyl (C=O) groups is 3. The summed E-state index contributed by atoms with van der Waals surface area (Å²) in [4.78, 5) is 33.7. The number of furan rings is 1. The van der Waals surface area contributed by atoms with E-state index < -0.39 is 30.1 Å². The molecule has 2 aromatic heterocycles. The van der Waals surface area contributed by atoms with Gasteiger partial charge in [-0.15, -0.1) is 0 Å². The second-order valence-corrected chi connectivity index (χ2v) is 4.21. The summed E-state index contributed by atoms with van der Waals surface area (Å²) >= 11 is 0. The number of carbonyl (C=O) groups excluding carboxylic acids is 1. The predicted molar refractivity (Wildman–Crippen MR) is 70.1 cm³/mol. The number of aromatic amines is 1. The molecule has 5 N–H and O–H groups in total. The third-order valence-electron chi connectivity index (χ3n) is 2.46. The van der Waals surface area contributed by atoms with Crippen LogP contribution >= 0.6 is 0 Å². The molecule has 1 atom stereocenters. The molecule has 132 valence electrons. The topological polar surface area (TPSA) is 156 Å². The Morgan fingerprint density at radius 3 is 2.42 bits per heavy atom. The first-order chi connectivity index (χ1) is 11.0. The molecule has 0 bridgehead atoms.